The van der Waals surface area contributed by atoms with Crippen LogP contribution in [0.4, 0.5) is 0 Å². The van der Waals surface area contributed by atoms with E-state index in [0.717, 1.165) is 63.7 Å². The van der Waals surface area contributed by atoms with E-state index < -0.39 is 24.9 Å². The van der Waals surface area contributed by atoms with Crippen LogP contribution < -0.4 is 18.9 Å². The number of pyridine rings is 4. The summed E-state index contributed by atoms with van der Waals surface area (Å²) < 4.78 is 35.2. The van der Waals surface area contributed by atoms with Gasteiger partial charge in [-0.3, -0.25) is 24.7 Å². The van der Waals surface area contributed by atoms with Crippen LogP contribution in [0, 0.1) is 24.7 Å². The van der Waals surface area contributed by atoms with E-state index in [0.29, 0.717) is 54.9 Å². The first-order valence-electron chi connectivity index (χ1n) is 23.1. The molecule has 0 saturated heterocycles. The highest BCUT2D eigenvalue weighted by Crippen LogP contribution is 2.47. The van der Waals surface area contributed by atoms with Crippen molar-refractivity contribution in [2.75, 3.05) is 26.9 Å². The first-order valence-corrected chi connectivity index (χ1v) is 26.8. The summed E-state index contributed by atoms with van der Waals surface area (Å²) in [6, 6.07) is 13.1. The Bertz CT molecular complexity index is 2710. The number of aromatic nitrogens is 10. The number of esters is 1. The number of nitrogens with one attached hydrogen (secondary N) is 1. The Morgan fingerprint density at radius 3 is 1.81 bits per heavy atom. The van der Waals surface area contributed by atoms with Gasteiger partial charge < -0.3 is 33.5 Å². The molecule has 0 radical (unpaired) electrons. The van der Waals surface area contributed by atoms with Crippen molar-refractivity contribution in [1.82, 2.24) is 49.9 Å². The summed E-state index contributed by atoms with van der Waals surface area (Å²) in [5.74, 6) is 0.960. The molecule has 0 unspecified atom stereocenters. The lowest BCUT2D eigenvalue weighted by molar-refractivity contribution is -0.148. The summed E-state index contributed by atoms with van der Waals surface area (Å²) in [7, 11) is 0.229. The quantitative estimate of drug-likeness (QED) is 0.0391. The van der Waals surface area contributed by atoms with Crippen LogP contribution in [0.25, 0.3) is 45.3 Å². The lowest BCUT2D eigenvalue weighted by Gasteiger charge is -2.15. The number of carboxylic acids is 1. The Balaban J connectivity index is 0.000000211. The Morgan fingerprint density at radius 1 is 0.768 bits per heavy atom. The van der Waals surface area contributed by atoms with Crippen molar-refractivity contribution >= 4 is 20.0 Å². The maximum Gasteiger partial charge on any atom is 0.336 e. The van der Waals surface area contributed by atoms with Crippen LogP contribution in [-0.2, 0) is 25.8 Å². The Hall–Kier alpha value is -6.80. The highest BCUT2D eigenvalue weighted by Gasteiger charge is 2.52. The molecule has 2 fully saturated rings. The largest absolute Gasteiger partial charge is 0.481 e. The second kappa shape index (κ2) is 21.2. The lowest BCUT2D eigenvalue weighted by atomic mass is 10.1. The minimum Gasteiger partial charge on any atom is -0.481 e. The molecule has 6 aromatic rings. The van der Waals surface area contributed by atoms with Crippen LogP contribution in [0.2, 0.25) is 25.7 Å². The van der Waals surface area contributed by atoms with Crippen molar-refractivity contribution in [3.63, 3.8) is 0 Å². The van der Waals surface area contributed by atoms with Gasteiger partial charge in [0.05, 0.1) is 30.7 Å². The van der Waals surface area contributed by atoms with Gasteiger partial charge in [0.1, 0.15) is 30.8 Å². The van der Waals surface area contributed by atoms with Crippen LogP contribution in [-0.4, -0.2) is 114 Å². The third-order valence-electron chi connectivity index (χ3n) is 11.5. The fourth-order valence-corrected chi connectivity index (χ4v) is 7.66. The van der Waals surface area contributed by atoms with Crippen molar-refractivity contribution in [2.45, 2.75) is 112 Å². The number of aromatic amines is 1. The van der Waals surface area contributed by atoms with Gasteiger partial charge in [-0.1, -0.05) is 19.6 Å². The van der Waals surface area contributed by atoms with Crippen molar-refractivity contribution in [2.24, 2.45) is 10.8 Å². The smallest absolute Gasteiger partial charge is 0.336 e. The molecule has 20 heteroatoms. The molecular formula is C49H62N10O9Si. The molecule has 2 saturated carbocycles. The Labute approximate surface area is 402 Å². The second-order valence-corrected chi connectivity index (χ2v) is 25.0. The standard InChI is InChI=1S/C28H39N5O5Si.C21H23N5O4/c1-19(2)38-27-31-25(32-33(27)18-36-12-13-39(5,6)7)21-8-9-23(29-15-21)22-16-30-24(14-20(22)3)37-17-28(10-11-28)26(34)35-4;1-12(2)30-20-24-18(25-26-20)14-4-5-16(22-9-14)15-10-23-17(8-13(15)3)29-11-21(6-7-21)19(27)28/h8-9,14-16,19H,10-13,17-18H2,1-7H3;4-5,8-10,12H,6-7,11H2,1-3H3,(H,27,28)(H,24,25,26). The van der Waals surface area contributed by atoms with E-state index in [1.54, 1.807) is 35.5 Å². The number of ether oxygens (including phenoxy) is 6. The van der Waals surface area contributed by atoms with E-state index in [4.69, 9.17) is 28.4 Å². The minimum absolute atomic E-state index is 0.00415. The minimum atomic E-state index is -1.18. The van der Waals surface area contributed by atoms with Gasteiger partial charge in [0, 0.05) is 73.9 Å². The summed E-state index contributed by atoms with van der Waals surface area (Å²) in [5, 5.41) is 20.8. The number of H-pyrrole nitrogens is 1. The molecule has 2 aliphatic carbocycles. The van der Waals surface area contributed by atoms with E-state index in [9.17, 15) is 14.7 Å². The zero-order valence-corrected chi connectivity index (χ0v) is 42.0. The van der Waals surface area contributed by atoms with Gasteiger partial charge in [-0.05, 0) is 109 Å². The van der Waals surface area contributed by atoms with Crippen LogP contribution in [0.5, 0.6) is 23.8 Å². The van der Waals surface area contributed by atoms with Crippen molar-refractivity contribution in [1.29, 1.82) is 0 Å². The van der Waals surface area contributed by atoms with Crippen LogP contribution in [0.1, 0.15) is 64.5 Å². The predicted octanol–water partition coefficient (Wildman–Crippen LogP) is 8.41. The molecular weight excluding hydrogens is 901 g/mol. The molecule has 19 nitrogen and oxygen atoms in total. The topological polar surface area (TPSA) is 234 Å². The van der Waals surface area contributed by atoms with Gasteiger partial charge in [-0.15, -0.1) is 10.2 Å². The average Bonchev–Trinajstić information content (AvgIpc) is 4.20. The molecule has 6 heterocycles. The van der Waals surface area contributed by atoms with Gasteiger partial charge >= 0.3 is 24.0 Å². The van der Waals surface area contributed by atoms with Gasteiger partial charge in [-0.2, -0.15) is 14.6 Å². The molecule has 2 aliphatic rings. The first kappa shape index (κ1) is 50.1. The van der Waals surface area contributed by atoms with Gasteiger partial charge in [0.2, 0.25) is 11.8 Å². The van der Waals surface area contributed by atoms with Crippen molar-refractivity contribution in [3.05, 3.63) is 72.3 Å². The summed E-state index contributed by atoms with van der Waals surface area (Å²) in [4.78, 5) is 50.1. The molecule has 6 aromatic heterocycles. The normalized spacial score (nSPS) is 14.4. The summed E-state index contributed by atoms with van der Waals surface area (Å²) in [6.07, 6.45) is 9.68. The number of methoxy groups -OCH3 is 1. The molecule has 0 bridgehead atoms. The number of aliphatic carboxylic acids is 1. The number of carbonyl (C=O) groups is 2. The molecule has 2 N–H and O–H groups in total. The van der Waals surface area contributed by atoms with Crippen molar-refractivity contribution in [3.8, 4) is 69.1 Å². The van der Waals surface area contributed by atoms with E-state index >= 15 is 0 Å². The predicted molar refractivity (Wildman–Crippen MR) is 258 cm³/mol. The molecule has 0 atom stereocenters. The lowest BCUT2D eigenvalue weighted by Crippen LogP contribution is -2.24. The molecule has 0 aromatic carbocycles. The summed E-state index contributed by atoms with van der Waals surface area (Å²) >= 11 is 0. The number of hydrogen-bond acceptors (Lipinski definition) is 16. The Morgan fingerprint density at radius 2 is 1.33 bits per heavy atom. The van der Waals surface area contributed by atoms with Gasteiger partial charge in [-0.25, -0.2) is 9.97 Å². The van der Waals surface area contributed by atoms with E-state index in [-0.39, 0.29) is 38.1 Å². The van der Waals surface area contributed by atoms with E-state index in [1.165, 1.54) is 7.11 Å². The molecule has 0 spiro atoms. The highest BCUT2D eigenvalue weighted by molar-refractivity contribution is 6.76. The van der Waals surface area contributed by atoms with Gasteiger partial charge in [0.25, 0.3) is 0 Å². The summed E-state index contributed by atoms with van der Waals surface area (Å²) in [6.45, 7) is 20.0. The third-order valence-corrected chi connectivity index (χ3v) is 13.3. The van der Waals surface area contributed by atoms with Crippen LogP contribution in [0.15, 0.2) is 61.2 Å². The molecule has 0 aliphatic heterocycles. The molecule has 0 amide bonds. The second-order valence-electron chi connectivity index (χ2n) is 19.3. The number of nitrogens with zero attached hydrogens (tertiary/aromatic N) is 9. The van der Waals surface area contributed by atoms with Crippen LogP contribution in [0.3, 0.4) is 0 Å². The average molecular weight is 963 g/mol. The third kappa shape index (κ3) is 13.0. The Kier molecular flexibility index (Phi) is 15.4. The monoisotopic (exact) mass is 962 g/mol. The van der Waals surface area contributed by atoms with Crippen molar-refractivity contribution < 1.29 is 43.1 Å². The zero-order valence-electron chi connectivity index (χ0n) is 41.0. The maximum absolute atomic E-state index is 12.0. The number of carboxylic acid groups (broad SMARTS) is 1. The number of aryl methyl sites for hydroxylation is 2. The fraction of sp³-hybridized carbons (Fsp3) is 0.469. The van der Waals surface area contributed by atoms with E-state index in [1.807, 2.05) is 71.9 Å². The molecule has 69 heavy (non-hydrogen) atoms. The highest BCUT2D eigenvalue weighted by atomic mass is 28.3. The number of hydrogen-bond donors (Lipinski definition) is 2. The summed E-state index contributed by atoms with van der Waals surface area (Å²) in [5.41, 5.74) is 5.50. The SMILES string of the molecule is COC(=O)C1(COc2cc(C)c(-c3ccc(-c4nc(OC(C)C)n(COCC[Si](C)(C)C)n4)cn3)cn2)CC1.Cc1cc(OCC2(C(=O)O)CC2)ncc1-c1ccc(-c2nc(OC(C)C)n[nH]2)cn1. The maximum atomic E-state index is 12.0. The first-order chi connectivity index (χ1) is 32.9. The fourth-order valence-electron chi connectivity index (χ4n) is 6.90. The number of rotatable bonds is 21. The molecule has 366 valence electrons. The molecule has 8 rings (SSSR count). The van der Waals surface area contributed by atoms with Gasteiger partial charge in [0.15, 0.2) is 11.6 Å². The zero-order chi connectivity index (χ0) is 49.5. The van der Waals surface area contributed by atoms with E-state index in [2.05, 4.69) is 64.8 Å². The van der Waals surface area contributed by atoms with Crippen LogP contribution >= 0.6 is 0 Å². The number of carbonyl (C=O) groups excluding carboxylic acids is 1.